The Morgan fingerprint density at radius 2 is 1.93 bits per heavy atom. The number of nitrogens with zero attached hydrogens (tertiary/aromatic N) is 2. The van der Waals surface area contributed by atoms with Crippen LogP contribution in [-0.2, 0) is 9.53 Å². The highest BCUT2D eigenvalue weighted by Crippen LogP contribution is 2.33. The lowest BCUT2D eigenvalue weighted by molar-refractivity contribution is -0.139. The molecule has 1 N–H and O–H groups in total. The van der Waals surface area contributed by atoms with Gasteiger partial charge in [-0.2, -0.15) is 0 Å². The summed E-state index contributed by atoms with van der Waals surface area (Å²) in [5.74, 6) is 0.0595. The van der Waals surface area contributed by atoms with Gasteiger partial charge in [0.25, 0.3) is 0 Å². The Morgan fingerprint density at radius 3 is 2.53 bits per heavy atom. The number of carbonyl (C=O) groups excluding carboxylic acids is 2. The van der Waals surface area contributed by atoms with Crippen molar-refractivity contribution >= 4 is 12.0 Å². The van der Waals surface area contributed by atoms with E-state index in [2.05, 4.69) is 43.1 Å². The smallest absolute Gasteiger partial charge is 0.338 e. The lowest BCUT2D eigenvalue weighted by Crippen LogP contribution is -2.50. The van der Waals surface area contributed by atoms with E-state index in [4.69, 9.17) is 4.74 Å². The second-order valence-electron chi connectivity index (χ2n) is 8.66. The molecule has 0 radical (unpaired) electrons. The number of rotatable bonds is 6. The van der Waals surface area contributed by atoms with E-state index in [0.29, 0.717) is 30.7 Å². The summed E-state index contributed by atoms with van der Waals surface area (Å²) in [6.45, 7) is 10.2. The summed E-state index contributed by atoms with van der Waals surface area (Å²) in [4.78, 5) is 29.8. The number of amides is 2. The molecule has 0 aliphatic carbocycles. The molecule has 0 aromatic heterocycles. The molecule has 1 saturated heterocycles. The number of likely N-dealkylation sites (tertiary alicyclic amines) is 1. The first kappa shape index (κ1) is 22.3. The molecule has 2 amide bonds. The maximum atomic E-state index is 13.1. The molecule has 2 aliphatic rings. The van der Waals surface area contributed by atoms with Crippen LogP contribution >= 0.6 is 0 Å². The Labute approximate surface area is 180 Å². The zero-order valence-corrected chi connectivity index (χ0v) is 18.9. The van der Waals surface area contributed by atoms with Crippen LogP contribution in [0.2, 0.25) is 0 Å². The van der Waals surface area contributed by atoms with E-state index in [1.807, 2.05) is 19.1 Å². The van der Waals surface area contributed by atoms with E-state index in [1.54, 1.807) is 11.9 Å². The van der Waals surface area contributed by atoms with Gasteiger partial charge >= 0.3 is 12.0 Å². The number of ether oxygens (including phenoxy) is 1. The predicted molar refractivity (Wildman–Crippen MR) is 118 cm³/mol. The second-order valence-corrected chi connectivity index (χ2v) is 8.66. The first-order chi connectivity index (χ1) is 14.3. The van der Waals surface area contributed by atoms with Crippen molar-refractivity contribution in [3.05, 3.63) is 46.7 Å². The maximum absolute atomic E-state index is 13.1. The van der Waals surface area contributed by atoms with E-state index in [0.717, 1.165) is 30.6 Å². The molecule has 1 aromatic carbocycles. The number of piperidine rings is 1. The molecule has 0 spiro atoms. The zero-order valence-electron chi connectivity index (χ0n) is 18.9. The van der Waals surface area contributed by atoms with E-state index < -0.39 is 6.04 Å². The Bertz CT molecular complexity index is 800. The van der Waals surface area contributed by atoms with Gasteiger partial charge in [0.2, 0.25) is 0 Å². The van der Waals surface area contributed by atoms with Gasteiger partial charge in [0.05, 0.1) is 18.2 Å². The van der Waals surface area contributed by atoms with Gasteiger partial charge in [-0.15, -0.1) is 0 Å². The third-order valence-corrected chi connectivity index (χ3v) is 6.30. The highest BCUT2D eigenvalue weighted by molar-refractivity contribution is 5.95. The minimum atomic E-state index is -0.510. The molecule has 6 heteroatoms. The molecule has 3 rings (SSSR count). The highest BCUT2D eigenvalue weighted by atomic mass is 16.5. The second kappa shape index (κ2) is 9.65. The largest absolute Gasteiger partial charge is 0.463 e. The number of nitrogens with one attached hydrogen (secondary N) is 1. The van der Waals surface area contributed by atoms with Crippen LogP contribution in [0, 0.1) is 0 Å². The van der Waals surface area contributed by atoms with Gasteiger partial charge in [-0.25, -0.2) is 9.59 Å². The number of carbonyl (C=O) groups is 2. The molecule has 30 heavy (non-hydrogen) atoms. The van der Waals surface area contributed by atoms with Gasteiger partial charge in [-0.05, 0) is 50.3 Å². The molecule has 2 heterocycles. The summed E-state index contributed by atoms with van der Waals surface area (Å²) in [7, 11) is 1.73. The number of urea groups is 1. The summed E-state index contributed by atoms with van der Waals surface area (Å²) in [6.07, 6.45) is 3.50. The number of likely N-dealkylation sites (N-methyl/N-ethyl adjacent to an activating group) is 1. The molecule has 2 atom stereocenters. The van der Waals surface area contributed by atoms with Gasteiger partial charge < -0.3 is 10.1 Å². The van der Waals surface area contributed by atoms with Crippen LogP contribution in [0.4, 0.5) is 4.79 Å². The first-order valence-electron chi connectivity index (χ1n) is 11.1. The van der Waals surface area contributed by atoms with Gasteiger partial charge in [-0.1, -0.05) is 44.5 Å². The van der Waals surface area contributed by atoms with E-state index in [1.165, 1.54) is 12.0 Å². The van der Waals surface area contributed by atoms with Crippen molar-refractivity contribution in [1.82, 2.24) is 15.1 Å². The Kier molecular flexibility index (Phi) is 7.19. The van der Waals surface area contributed by atoms with E-state index in [-0.39, 0.29) is 12.0 Å². The molecule has 2 unspecified atom stereocenters. The van der Waals surface area contributed by atoms with E-state index >= 15 is 0 Å². The van der Waals surface area contributed by atoms with Crippen molar-refractivity contribution in [2.75, 3.05) is 26.7 Å². The van der Waals surface area contributed by atoms with Gasteiger partial charge in [-0.3, -0.25) is 9.80 Å². The number of hydrogen-bond acceptors (Lipinski definition) is 4. The van der Waals surface area contributed by atoms with Crippen LogP contribution in [0.1, 0.15) is 70.0 Å². The fourth-order valence-corrected chi connectivity index (χ4v) is 4.31. The molecule has 1 fully saturated rings. The molecular weight excluding hydrogens is 378 g/mol. The van der Waals surface area contributed by atoms with Crippen molar-refractivity contribution in [1.29, 1.82) is 0 Å². The van der Waals surface area contributed by atoms with Gasteiger partial charge in [0.15, 0.2) is 0 Å². The molecule has 0 bridgehead atoms. The van der Waals surface area contributed by atoms with Crippen LogP contribution in [0.15, 0.2) is 35.5 Å². The normalized spacial score (nSPS) is 23.0. The lowest BCUT2D eigenvalue weighted by Gasteiger charge is -2.39. The van der Waals surface area contributed by atoms with E-state index in [9.17, 15) is 9.59 Å². The third kappa shape index (κ3) is 4.69. The SMILES string of the molecule is CCOC(=O)C1=C(CN2CCCCC2C)N(C)C(=O)NC1c1ccc(C(C)C)cc1. The third-order valence-electron chi connectivity index (χ3n) is 6.30. The molecule has 164 valence electrons. The summed E-state index contributed by atoms with van der Waals surface area (Å²) in [5.41, 5.74) is 3.40. The van der Waals surface area contributed by atoms with Crippen molar-refractivity contribution in [2.45, 2.75) is 65.0 Å². The van der Waals surface area contributed by atoms with Gasteiger partial charge in [0, 0.05) is 25.3 Å². The fourth-order valence-electron chi connectivity index (χ4n) is 4.31. The average Bonchev–Trinajstić information content (AvgIpc) is 2.72. The zero-order chi connectivity index (χ0) is 21.8. The molecule has 0 saturated carbocycles. The van der Waals surface area contributed by atoms with Crippen LogP contribution < -0.4 is 5.32 Å². The summed E-state index contributed by atoms with van der Waals surface area (Å²) in [5, 5.41) is 3.01. The minimum absolute atomic E-state index is 0.194. The summed E-state index contributed by atoms with van der Waals surface area (Å²) in [6, 6.07) is 7.87. The fraction of sp³-hybridized carbons (Fsp3) is 0.583. The molecule has 2 aliphatic heterocycles. The van der Waals surface area contributed by atoms with Crippen molar-refractivity contribution < 1.29 is 14.3 Å². The van der Waals surface area contributed by atoms with Crippen molar-refractivity contribution in [2.24, 2.45) is 0 Å². The van der Waals surface area contributed by atoms with Crippen LogP contribution in [-0.4, -0.2) is 54.6 Å². The standard InChI is InChI=1S/C24H35N3O3/c1-6-30-23(28)21-20(15-27-14-8-7-9-17(27)4)26(5)24(29)25-22(21)19-12-10-18(11-13-19)16(2)3/h10-13,16-17,22H,6-9,14-15H2,1-5H3,(H,25,29). The molecular formula is C24H35N3O3. The highest BCUT2D eigenvalue weighted by Gasteiger charge is 2.38. The Balaban J connectivity index is 2.04. The average molecular weight is 414 g/mol. The van der Waals surface area contributed by atoms with Gasteiger partial charge in [0.1, 0.15) is 0 Å². The predicted octanol–water partition coefficient (Wildman–Crippen LogP) is 4.20. The molecule has 1 aromatic rings. The number of hydrogen-bond donors (Lipinski definition) is 1. The number of benzene rings is 1. The Morgan fingerprint density at radius 1 is 1.23 bits per heavy atom. The number of esters is 1. The summed E-state index contributed by atoms with van der Waals surface area (Å²) < 4.78 is 5.43. The van der Waals surface area contributed by atoms with Crippen molar-refractivity contribution in [3.8, 4) is 0 Å². The van der Waals surface area contributed by atoms with Crippen LogP contribution in [0.5, 0.6) is 0 Å². The minimum Gasteiger partial charge on any atom is -0.463 e. The lowest BCUT2D eigenvalue weighted by atomic mass is 9.92. The first-order valence-corrected chi connectivity index (χ1v) is 11.1. The quantitative estimate of drug-likeness (QED) is 0.710. The monoisotopic (exact) mass is 413 g/mol. The van der Waals surface area contributed by atoms with Crippen LogP contribution in [0.25, 0.3) is 0 Å². The maximum Gasteiger partial charge on any atom is 0.338 e. The Hall–Kier alpha value is -2.34. The molecule has 6 nitrogen and oxygen atoms in total. The van der Waals surface area contributed by atoms with Crippen LogP contribution in [0.3, 0.4) is 0 Å². The topological polar surface area (TPSA) is 61.9 Å². The summed E-state index contributed by atoms with van der Waals surface area (Å²) >= 11 is 0. The van der Waals surface area contributed by atoms with Crippen molar-refractivity contribution in [3.63, 3.8) is 0 Å².